The van der Waals surface area contributed by atoms with Gasteiger partial charge in [0.2, 0.25) is 5.91 Å². The van der Waals surface area contributed by atoms with E-state index < -0.39 is 6.10 Å². The van der Waals surface area contributed by atoms with E-state index in [-0.39, 0.29) is 41.8 Å². The summed E-state index contributed by atoms with van der Waals surface area (Å²) in [5, 5.41) is 17.0. The van der Waals surface area contributed by atoms with Crippen molar-refractivity contribution >= 4 is 35.8 Å². The Morgan fingerprint density at radius 3 is 2.78 bits per heavy atom. The lowest BCUT2D eigenvalue weighted by Gasteiger charge is -2.20. The molecule has 1 fully saturated rings. The van der Waals surface area contributed by atoms with Crippen LogP contribution in [0, 0.1) is 12.8 Å². The Morgan fingerprint density at radius 2 is 2.15 bits per heavy atom. The summed E-state index contributed by atoms with van der Waals surface area (Å²) >= 11 is 0. The molecule has 0 radical (unpaired) electrons. The number of aryl methyl sites for hydroxylation is 1. The first kappa shape index (κ1) is 23.7. The van der Waals surface area contributed by atoms with Gasteiger partial charge in [-0.25, -0.2) is 0 Å². The first-order chi connectivity index (χ1) is 12.4. The molecular weight excluding hydrogens is 455 g/mol. The molecule has 0 aliphatic carbocycles. The quantitative estimate of drug-likeness (QED) is 0.327. The Labute approximate surface area is 179 Å². The minimum absolute atomic E-state index is 0. The van der Waals surface area contributed by atoms with Crippen LogP contribution >= 0.6 is 24.0 Å². The molecule has 27 heavy (non-hydrogen) atoms. The maximum atomic E-state index is 12.1. The van der Waals surface area contributed by atoms with E-state index in [1.165, 1.54) is 0 Å². The zero-order chi connectivity index (χ0) is 19.1. The van der Waals surface area contributed by atoms with Crippen molar-refractivity contribution in [1.29, 1.82) is 0 Å². The molecule has 2 unspecified atom stereocenters. The van der Waals surface area contributed by atoms with Crippen LogP contribution in [0.25, 0.3) is 0 Å². The van der Waals surface area contributed by atoms with Crippen molar-refractivity contribution in [2.24, 2.45) is 10.9 Å². The van der Waals surface area contributed by atoms with Gasteiger partial charge in [0.15, 0.2) is 5.96 Å². The lowest BCUT2D eigenvalue weighted by atomic mass is 10.1. The van der Waals surface area contributed by atoms with Gasteiger partial charge in [-0.15, -0.1) is 24.0 Å². The predicted octanol–water partition coefficient (Wildman–Crippen LogP) is 2.46. The Hall–Kier alpha value is -1.35. The average Bonchev–Trinajstić information content (AvgIpc) is 3.07. The zero-order valence-electron chi connectivity index (χ0n) is 16.7. The van der Waals surface area contributed by atoms with Gasteiger partial charge in [0, 0.05) is 31.6 Å². The van der Waals surface area contributed by atoms with Gasteiger partial charge in [-0.2, -0.15) is 0 Å². The second-order valence-electron chi connectivity index (χ2n) is 7.22. The molecule has 2 atom stereocenters. The summed E-state index contributed by atoms with van der Waals surface area (Å²) < 4.78 is 0. The maximum absolute atomic E-state index is 12.1. The fourth-order valence-corrected chi connectivity index (χ4v) is 3.12. The van der Waals surface area contributed by atoms with Gasteiger partial charge >= 0.3 is 0 Å². The third-order valence-corrected chi connectivity index (χ3v) is 4.53. The number of hydrogen-bond acceptors (Lipinski definition) is 3. The van der Waals surface area contributed by atoms with Crippen molar-refractivity contribution in [3.05, 3.63) is 35.4 Å². The van der Waals surface area contributed by atoms with Gasteiger partial charge in [-0.05, 0) is 25.8 Å². The molecule has 0 bridgehead atoms. The van der Waals surface area contributed by atoms with Gasteiger partial charge in [-0.1, -0.05) is 43.7 Å². The van der Waals surface area contributed by atoms with E-state index in [0.717, 1.165) is 30.6 Å². The number of halogens is 1. The molecule has 1 saturated heterocycles. The van der Waals surface area contributed by atoms with E-state index in [4.69, 9.17) is 0 Å². The Kier molecular flexibility index (Phi) is 10.1. The van der Waals surface area contributed by atoms with Crippen LogP contribution in [0.2, 0.25) is 0 Å². The van der Waals surface area contributed by atoms with Crippen LogP contribution in [0.5, 0.6) is 0 Å². The highest BCUT2D eigenvalue weighted by atomic mass is 127. The standard InChI is InChI=1S/C20H32N4O2.HI/c1-5-21-20(22-12-18(25)16-8-6-7-15(4)11-16)23-17-9-10-24(13-17)19(26)14(2)3;/h6-8,11,14,17-18,25H,5,9-10,12-13H2,1-4H3,(H2,21,22,23);1H. The maximum Gasteiger partial charge on any atom is 0.225 e. The molecule has 7 heteroatoms. The third-order valence-electron chi connectivity index (χ3n) is 4.53. The normalized spacial score (nSPS) is 18.2. The number of aliphatic hydroxyl groups excluding tert-OH is 1. The van der Waals surface area contributed by atoms with E-state index >= 15 is 0 Å². The summed E-state index contributed by atoms with van der Waals surface area (Å²) in [4.78, 5) is 18.6. The third kappa shape index (κ3) is 7.29. The number of carbonyl (C=O) groups is 1. The van der Waals surface area contributed by atoms with Gasteiger partial charge in [0.05, 0.1) is 12.6 Å². The highest BCUT2D eigenvalue weighted by Gasteiger charge is 2.28. The van der Waals surface area contributed by atoms with E-state index in [9.17, 15) is 9.90 Å². The Morgan fingerprint density at radius 1 is 1.41 bits per heavy atom. The number of aliphatic imine (C=N–C) groups is 1. The SMILES string of the molecule is CCNC(=NCC(O)c1cccc(C)c1)NC1CCN(C(=O)C(C)C)C1.I. The molecule has 1 amide bonds. The number of rotatable bonds is 6. The van der Waals surface area contributed by atoms with Gasteiger partial charge in [0.25, 0.3) is 0 Å². The van der Waals surface area contributed by atoms with Crippen LogP contribution in [0.3, 0.4) is 0 Å². The number of hydrogen-bond donors (Lipinski definition) is 3. The summed E-state index contributed by atoms with van der Waals surface area (Å²) in [6.07, 6.45) is 0.275. The topological polar surface area (TPSA) is 77.0 Å². The van der Waals surface area contributed by atoms with E-state index in [1.54, 1.807) is 0 Å². The van der Waals surface area contributed by atoms with Crippen molar-refractivity contribution in [2.45, 2.75) is 46.3 Å². The van der Waals surface area contributed by atoms with Crippen molar-refractivity contribution in [3.8, 4) is 0 Å². The number of carbonyl (C=O) groups excluding carboxylic acids is 1. The lowest BCUT2D eigenvalue weighted by molar-refractivity contribution is -0.133. The van der Waals surface area contributed by atoms with Crippen LogP contribution < -0.4 is 10.6 Å². The van der Waals surface area contributed by atoms with Crippen LogP contribution in [-0.4, -0.2) is 54.1 Å². The number of likely N-dealkylation sites (tertiary alicyclic amines) is 1. The molecule has 1 heterocycles. The summed E-state index contributed by atoms with van der Waals surface area (Å²) in [6.45, 7) is 10.4. The van der Waals surface area contributed by atoms with Crippen LogP contribution in [-0.2, 0) is 4.79 Å². The number of nitrogens with one attached hydrogen (secondary N) is 2. The van der Waals surface area contributed by atoms with Crippen molar-refractivity contribution < 1.29 is 9.90 Å². The van der Waals surface area contributed by atoms with Crippen molar-refractivity contribution in [1.82, 2.24) is 15.5 Å². The fourth-order valence-electron chi connectivity index (χ4n) is 3.12. The molecule has 1 aromatic carbocycles. The second kappa shape index (κ2) is 11.5. The van der Waals surface area contributed by atoms with Gasteiger partial charge in [0.1, 0.15) is 0 Å². The van der Waals surface area contributed by atoms with Crippen LogP contribution in [0.15, 0.2) is 29.3 Å². The Balaban J connectivity index is 0.00000364. The molecule has 3 N–H and O–H groups in total. The van der Waals surface area contributed by atoms with Gasteiger partial charge < -0.3 is 20.6 Å². The van der Waals surface area contributed by atoms with E-state index in [1.807, 2.05) is 56.9 Å². The summed E-state index contributed by atoms with van der Waals surface area (Å²) in [5.41, 5.74) is 2.00. The van der Waals surface area contributed by atoms with Crippen molar-refractivity contribution in [2.75, 3.05) is 26.2 Å². The van der Waals surface area contributed by atoms with E-state index in [2.05, 4.69) is 15.6 Å². The molecule has 1 aliphatic rings. The first-order valence-corrected chi connectivity index (χ1v) is 9.49. The molecule has 1 aromatic rings. The molecule has 152 valence electrons. The molecule has 0 aromatic heterocycles. The van der Waals surface area contributed by atoms with Crippen LogP contribution in [0.1, 0.15) is 44.4 Å². The Bertz CT molecular complexity index is 636. The molecule has 6 nitrogen and oxygen atoms in total. The predicted molar refractivity (Wildman–Crippen MR) is 120 cm³/mol. The highest BCUT2D eigenvalue weighted by molar-refractivity contribution is 14.0. The molecular formula is C20H33IN4O2. The monoisotopic (exact) mass is 488 g/mol. The lowest BCUT2D eigenvalue weighted by Crippen LogP contribution is -2.45. The molecule has 0 saturated carbocycles. The second-order valence-corrected chi connectivity index (χ2v) is 7.22. The van der Waals surface area contributed by atoms with E-state index in [0.29, 0.717) is 19.0 Å². The number of guanidine groups is 1. The average molecular weight is 488 g/mol. The minimum Gasteiger partial charge on any atom is -0.386 e. The smallest absolute Gasteiger partial charge is 0.225 e. The molecule has 1 aliphatic heterocycles. The van der Waals surface area contributed by atoms with Crippen LogP contribution in [0.4, 0.5) is 0 Å². The summed E-state index contributed by atoms with van der Waals surface area (Å²) in [6, 6.07) is 8.04. The minimum atomic E-state index is -0.632. The largest absolute Gasteiger partial charge is 0.386 e. The molecule has 2 rings (SSSR count). The summed E-state index contributed by atoms with van der Waals surface area (Å²) in [7, 11) is 0. The van der Waals surface area contributed by atoms with Crippen molar-refractivity contribution in [3.63, 3.8) is 0 Å². The summed E-state index contributed by atoms with van der Waals surface area (Å²) in [5.74, 6) is 0.911. The molecule has 0 spiro atoms. The number of aliphatic hydroxyl groups is 1. The number of nitrogens with zero attached hydrogens (tertiary/aromatic N) is 2. The number of benzene rings is 1. The number of amides is 1. The zero-order valence-corrected chi connectivity index (χ0v) is 19.1. The first-order valence-electron chi connectivity index (χ1n) is 9.49. The van der Waals surface area contributed by atoms with Gasteiger partial charge in [-0.3, -0.25) is 9.79 Å². The fraction of sp³-hybridized carbons (Fsp3) is 0.600. The highest BCUT2D eigenvalue weighted by Crippen LogP contribution is 2.15.